The van der Waals surface area contributed by atoms with Crippen LogP contribution < -0.4 is 5.73 Å². The summed E-state index contributed by atoms with van der Waals surface area (Å²) in [5.74, 6) is 1.54. The second kappa shape index (κ2) is 6.39. The van der Waals surface area contributed by atoms with Gasteiger partial charge in [-0.2, -0.15) is 0 Å². The van der Waals surface area contributed by atoms with Crippen LogP contribution in [0.25, 0.3) is 11.0 Å². The van der Waals surface area contributed by atoms with Crippen molar-refractivity contribution in [1.29, 1.82) is 0 Å². The van der Waals surface area contributed by atoms with Crippen molar-refractivity contribution < 1.29 is 0 Å². The molecule has 1 aliphatic rings. The lowest BCUT2D eigenvalue weighted by atomic mass is 10.0. The maximum atomic E-state index is 6.16. The fourth-order valence-electron chi connectivity index (χ4n) is 3.35. The van der Waals surface area contributed by atoms with E-state index in [2.05, 4.69) is 41.5 Å². The van der Waals surface area contributed by atoms with Gasteiger partial charge in [0.15, 0.2) is 0 Å². The highest BCUT2D eigenvalue weighted by Crippen LogP contribution is 2.24. The van der Waals surface area contributed by atoms with Crippen LogP contribution in [0.1, 0.15) is 57.0 Å². The van der Waals surface area contributed by atoms with Gasteiger partial charge in [0, 0.05) is 13.1 Å². The molecular weight excluding hydrogens is 272 g/mol. The summed E-state index contributed by atoms with van der Waals surface area (Å²) in [6.07, 6.45) is 2.67. The first-order valence-corrected chi connectivity index (χ1v) is 8.54. The molecule has 0 bridgehead atoms. The van der Waals surface area contributed by atoms with Crippen LogP contribution in [0.2, 0.25) is 0 Å². The maximum Gasteiger partial charge on any atom is 0.126 e. The number of fused-ring (bicyclic) bond motifs is 1. The van der Waals surface area contributed by atoms with Crippen molar-refractivity contribution in [3.8, 4) is 0 Å². The number of likely N-dealkylation sites (tertiary alicyclic amines) is 1. The number of benzene rings is 1. The maximum absolute atomic E-state index is 6.16. The molecule has 1 unspecified atom stereocenters. The Morgan fingerprint density at radius 1 is 1.14 bits per heavy atom. The summed E-state index contributed by atoms with van der Waals surface area (Å²) < 4.78 is 2.32. The fraction of sp³-hybridized carbons (Fsp3) is 0.611. The lowest BCUT2D eigenvalue weighted by Crippen LogP contribution is -2.25. The summed E-state index contributed by atoms with van der Waals surface area (Å²) >= 11 is 0. The van der Waals surface area contributed by atoms with Crippen molar-refractivity contribution in [1.82, 2.24) is 14.5 Å². The lowest BCUT2D eigenvalue weighted by Gasteiger charge is -2.17. The first kappa shape index (κ1) is 15.5. The van der Waals surface area contributed by atoms with E-state index in [4.69, 9.17) is 10.7 Å². The van der Waals surface area contributed by atoms with Gasteiger partial charge in [0.1, 0.15) is 5.82 Å². The summed E-state index contributed by atoms with van der Waals surface area (Å²) in [5.41, 5.74) is 9.81. The van der Waals surface area contributed by atoms with Gasteiger partial charge in [0.2, 0.25) is 0 Å². The molecule has 0 spiro atoms. The Morgan fingerprint density at radius 3 is 2.50 bits per heavy atom. The van der Waals surface area contributed by atoms with Gasteiger partial charge in [-0.3, -0.25) is 0 Å². The zero-order valence-electron chi connectivity index (χ0n) is 14.0. The summed E-state index contributed by atoms with van der Waals surface area (Å²) in [4.78, 5) is 7.36. The predicted octanol–water partition coefficient (Wildman–Crippen LogP) is 3.28. The van der Waals surface area contributed by atoms with Crippen LogP contribution in [-0.2, 0) is 6.54 Å². The van der Waals surface area contributed by atoms with Crippen LogP contribution in [0.15, 0.2) is 18.2 Å². The van der Waals surface area contributed by atoms with Gasteiger partial charge in [-0.25, -0.2) is 4.98 Å². The quantitative estimate of drug-likeness (QED) is 0.922. The summed E-state index contributed by atoms with van der Waals surface area (Å²) in [6, 6.07) is 6.63. The number of aromatic nitrogens is 2. The molecule has 2 N–H and O–H groups in total. The molecule has 4 heteroatoms. The standard InChI is InChI=1S/C18H28N4/c1-13(2)15-6-7-17-16(12-15)20-18(14(3)19)22(17)11-10-21-8-4-5-9-21/h6-7,12-14H,4-5,8-11,19H2,1-3H3. The second-order valence-electron chi connectivity index (χ2n) is 6.86. The SMILES string of the molecule is CC(C)c1ccc2c(c1)nc(C(C)N)n2CCN1CCCC1. The third-order valence-corrected chi connectivity index (χ3v) is 4.71. The van der Waals surface area contributed by atoms with Gasteiger partial charge < -0.3 is 15.2 Å². The monoisotopic (exact) mass is 300 g/mol. The summed E-state index contributed by atoms with van der Waals surface area (Å²) in [5, 5.41) is 0. The number of nitrogens with two attached hydrogens (primary N) is 1. The Morgan fingerprint density at radius 2 is 1.86 bits per heavy atom. The molecule has 120 valence electrons. The topological polar surface area (TPSA) is 47.1 Å². The Balaban J connectivity index is 1.92. The molecule has 0 saturated carbocycles. The largest absolute Gasteiger partial charge is 0.325 e. The van der Waals surface area contributed by atoms with Crippen LogP contribution in [0, 0.1) is 0 Å². The summed E-state index contributed by atoms with van der Waals surface area (Å²) in [7, 11) is 0. The van der Waals surface area contributed by atoms with E-state index < -0.39 is 0 Å². The van der Waals surface area contributed by atoms with E-state index >= 15 is 0 Å². The predicted molar refractivity (Wildman–Crippen MR) is 92.1 cm³/mol. The molecular formula is C18H28N4. The second-order valence-corrected chi connectivity index (χ2v) is 6.86. The third kappa shape index (κ3) is 3.03. The molecule has 2 aromatic rings. The van der Waals surface area contributed by atoms with Crippen molar-refractivity contribution in [3.05, 3.63) is 29.6 Å². The highest BCUT2D eigenvalue weighted by Gasteiger charge is 2.17. The molecule has 0 amide bonds. The van der Waals surface area contributed by atoms with Crippen molar-refractivity contribution in [2.24, 2.45) is 5.73 Å². The molecule has 1 atom stereocenters. The zero-order chi connectivity index (χ0) is 15.7. The van der Waals surface area contributed by atoms with Gasteiger partial charge in [-0.05, 0) is 56.5 Å². The minimum absolute atomic E-state index is 0.0338. The lowest BCUT2D eigenvalue weighted by molar-refractivity contribution is 0.321. The van der Waals surface area contributed by atoms with E-state index in [1.807, 2.05) is 6.92 Å². The van der Waals surface area contributed by atoms with E-state index in [0.717, 1.165) is 24.4 Å². The van der Waals surface area contributed by atoms with Gasteiger partial charge in [0.25, 0.3) is 0 Å². The number of nitrogens with zero attached hydrogens (tertiary/aromatic N) is 3. The molecule has 1 aliphatic heterocycles. The van der Waals surface area contributed by atoms with Gasteiger partial charge >= 0.3 is 0 Å². The van der Waals surface area contributed by atoms with Gasteiger partial charge in [-0.1, -0.05) is 19.9 Å². The van der Waals surface area contributed by atoms with Crippen LogP contribution >= 0.6 is 0 Å². The van der Waals surface area contributed by atoms with E-state index in [9.17, 15) is 0 Å². The molecule has 0 radical (unpaired) electrons. The van der Waals surface area contributed by atoms with Gasteiger partial charge in [0.05, 0.1) is 17.1 Å². The van der Waals surface area contributed by atoms with E-state index in [1.54, 1.807) is 0 Å². The number of imidazole rings is 1. The number of hydrogen-bond donors (Lipinski definition) is 1. The molecule has 0 aliphatic carbocycles. The Hall–Kier alpha value is -1.39. The Kier molecular flexibility index (Phi) is 4.50. The third-order valence-electron chi connectivity index (χ3n) is 4.71. The molecule has 2 heterocycles. The average molecular weight is 300 g/mol. The average Bonchev–Trinajstić information content (AvgIpc) is 3.11. The Bertz CT molecular complexity index is 636. The van der Waals surface area contributed by atoms with Crippen molar-refractivity contribution >= 4 is 11.0 Å². The van der Waals surface area contributed by atoms with E-state index in [0.29, 0.717) is 5.92 Å². The molecule has 3 rings (SSSR count). The van der Waals surface area contributed by atoms with Crippen LogP contribution in [0.3, 0.4) is 0 Å². The molecule has 4 nitrogen and oxygen atoms in total. The highest BCUT2D eigenvalue weighted by molar-refractivity contribution is 5.77. The van der Waals surface area contributed by atoms with Crippen LogP contribution in [-0.4, -0.2) is 34.1 Å². The van der Waals surface area contributed by atoms with Crippen LogP contribution in [0.4, 0.5) is 0 Å². The minimum atomic E-state index is -0.0338. The zero-order valence-corrected chi connectivity index (χ0v) is 14.0. The fourth-order valence-corrected chi connectivity index (χ4v) is 3.35. The van der Waals surface area contributed by atoms with Crippen molar-refractivity contribution in [2.75, 3.05) is 19.6 Å². The number of rotatable bonds is 5. The normalized spacial score (nSPS) is 17.7. The van der Waals surface area contributed by atoms with E-state index in [1.165, 1.54) is 37.0 Å². The van der Waals surface area contributed by atoms with Crippen LogP contribution in [0.5, 0.6) is 0 Å². The minimum Gasteiger partial charge on any atom is -0.325 e. The van der Waals surface area contributed by atoms with E-state index in [-0.39, 0.29) is 6.04 Å². The molecule has 1 fully saturated rings. The first-order valence-electron chi connectivity index (χ1n) is 8.54. The number of hydrogen-bond acceptors (Lipinski definition) is 3. The molecule has 1 aromatic carbocycles. The van der Waals surface area contributed by atoms with Crippen molar-refractivity contribution in [3.63, 3.8) is 0 Å². The molecule has 22 heavy (non-hydrogen) atoms. The highest BCUT2D eigenvalue weighted by atomic mass is 15.2. The first-order chi connectivity index (χ1) is 10.6. The Labute approximate surface area is 133 Å². The molecule has 1 saturated heterocycles. The molecule has 1 aromatic heterocycles. The summed E-state index contributed by atoms with van der Waals surface area (Å²) in [6.45, 7) is 11.0. The smallest absolute Gasteiger partial charge is 0.126 e. The van der Waals surface area contributed by atoms with Crippen molar-refractivity contribution in [2.45, 2.75) is 52.1 Å². The van der Waals surface area contributed by atoms with Gasteiger partial charge in [-0.15, -0.1) is 0 Å².